The van der Waals surface area contributed by atoms with Crippen LogP contribution >= 0.6 is 23.4 Å². The number of amides is 2. The summed E-state index contributed by atoms with van der Waals surface area (Å²) in [6.45, 7) is 3.82. The molecule has 0 saturated heterocycles. The van der Waals surface area contributed by atoms with Crippen LogP contribution in [0.5, 0.6) is 0 Å². The Labute approximate surface area is 206 Å². The molecule has 9 heteroatoms. The second kappa shape index (κ2) is 10.1. The fourth-order valence-electron chi connectivity index (χ4n) is 3.31. The van der Waals surface area contributed by atoms with E-state index in [0.29, 0.717) is 27.3 Å². The normalized spacial score (nSPS) is 11.7. The first-order valence-electron chi connectivity index (χ1n) is 10.5. The highest BCUT2D eigenvalue weighted by Crippen LogP contribution is 2.31. The topological polar surface area (TPSA) is 103 Å². The lowest BCUT2D eigenvalue weighted by Crippen LogP contribution is -2.23. The molecule has 34 heavy (non-hydrogen) atoms. The Morgan fingerprint density at radius 2 is 1.74 bits per heavy atom. The SMILES string of the molecule is Cc1cccc(-c2nnc(SC(C)C(=O)Nc3ccc(C(N)=O)cc3)n2-c2ccc(Cl)cc2)c1. The summed E-state index contributed by atoms with van der Waals surface area (Å²) in [6, 6.07) is 21.8. The van der Waals surface area contributed by atoms with Gasteiger partial charge in [-0.25, -0.2) is 0 Å². The Bertz CT molecular complexity index is 1340. The van der Waals surface area contributed by atoms with Gasteiger partial charge in [0, 0.05) is 27.5 Å². The van der Waals surface area contributed by atoms with Gasteiger partial charge < -0.3 is 11.1 Å². The predicted molar refractivity (Wildman–Crippen MR) is 135 cm³/mol. The summed E-state index contributed by atoms with van der Waals surface area (Å²) in [5.74, 6) is -0.0597. The van der Waals surface area contributed by atoms with Crippen molar-refractivity contribution in [1.29, 1.82) is 0 Å². The number of primary amides is 1. The Kier molecular flexibility index (Phi) is 7.00. The highest BCUT2D eigenvalue weighted by molar-refractivity contribution is 8.00. The summed E-state index contributed by atoms with van der Waals surface area (Å²) < 4.78 is 1.92. The second-order valence-corrected chi connectivity index (χ2v) is 9.42. The van der Waals surface area contributed by atoms with Gasteiger partial charge in [0.15, 0.2) is 11.0 Å². The summed E-state index contributed by atoms with van der Waals surface area (Å²) in [7, 11) is 0. The van der Waals surface area contributed by atoms with E-state index in [4.69, 9.17) is 17.3 Å². The van der Waals surface area contributed by atoms with Crippen LogP contribution in [-0.4, -0.2) is 31.8 Å². The van der Waals surface area contributed by atoms with Crippen molar-refractivity contribution in [2.45, 2.75) is 24.3 Å². The zero-order valence-electron chi connectivity index (χ0n) is 18.5. The molecule has 4 rings (SSSR count). The Morgan fingerprint density at radius 1 is 1.03 bits per heavy atom. The van der Waals surface area contributed by atoms with Crippen molar-refractivity contribution in [2.24, 2.45) is 5.73 Å². The van der Waals surface area contributed by atoms with Crippen LogP contribution in [-0.2, 0) is 4.79 Å². The third-order valence-electron chi connectivity index (χ3n) is 5.08. The summed E-state index contributed by atoms with van der Waals surface area (Å²) in [4.78, 5) is 24.1. The van der Waals surface area contributed by atoms with Crippen LogP contribution in [0.3, 0.4) is 0 Å². The van der Waals surface area contributed by atoms with Crippen molar-refractivity contribution < 1.29 is 9.59 Å². The lowest BCUT2D eigenvalue weighted by Gasteiger charge is -2.14. The Balaban J connectivity index is 1.61. The fraction of sp³-hybridized carbons (Fsp3) is 0.120. The summed E-state index contributed by atoms with van der Waals surface area (Å²) in [5.41, 5.74) is 9.07. The standard InChI is InChI=1S/C25H22ClN5O2S/c1-15-4-3-5-18(14-15)23-29-30-25(31(23)21-12-8-19(26)9-13-21)34-16(2)24(33)28-20-10-6-17(7-11-20)22(27)32/h3-14,16H,1-2H3,(H2,27,32)(H,28,33). The number of benzene rings is 3. The molecule has 0 bridgehead atoms. The van der Waals surface area contributed by atoms with Crippen LogP contribution < -0.4 is 11.1 Å². The molecule has 3 N–H and O–H groups in total. The molecule has 0 aliphatic carbocycles. The Morgan fingerprint density at radius 3 is 2.38 bits per heavy atom. The van der Waals surface area contributed by atoms with E-state index >= 15 is 0 Å². The molecule has 0 spiro atoms. The molecule has 7 nitrogen and oxygen atoms in total. The van der Waals surface area contributed by atoms with Crippen LogP contribution in [0.4, 0.5) is 5.69 Å². The van der Waals surface area contributed by atoms with Gasteiger partial charge in [0.1, 0.15) is 0 Å². The number of rotatable bonds is 7. The molecule has 0 aliphatic rings. The first-order chi connectivity index (χ1) is 16.3. The molecule has 172 valence electrons. The number of aryl methyl sites for hydroxylation is 1. The van der Waals surface area contributed by atoms with E-state index in [0.717, 1.165) is 16.8 Å². The minimum absolute atomic E-state index is 0.209. The minimum atomic E-state index is -0.521. The number of nitrogens with one attached hydrogen (secondary N) is 1. The van der Waals surface area contributed by atoms with E-state index < -0.39 is 11.2 Å². The Hall–Kier alpha value is -3.62. The van der Waals surface area contributed by atoms with Crippen molar-refractivity contribution in [3.63, 3.8) is 0 Å². The van der Waals surface area contributed by atoms with Gasteiger partial charge in [0.05, 0.1) is 5.25 Å². The van der Waals surface area contributed by atoms with E-state index in [-0.39, 0.29) is 5.91 Å². The van der Waals surface area contributed by atoms with Crippen molar-refractivity contribution in [2.75, 3.05) is 5.32 Å². The van der Waals surface area contributed by atoms with Gasteiger partial charge in [-0.3, -0.25) is 14.2 Å². The zero-order chi connectivity index (χ0) is 24.2. The summed E-state index contributed by atoms with van der Waals surface area (Å²) in [6.07, 6.45) is 0. The second-order valence-electron chi connectivity index (χ2n) is 7.68. The lowest BCUT2D eigenvalue weighted by atomic mass is 10.1. The third-order valence-corrected chi connectivity index (χ3v) is 6.38. The molecule has 1 unspecified atom stereocenters. The average molecular weight is 492 g/mol. The van der Waals surface area contributed by atoms with E-state index in [9.17, 15) is 9.59 Å². The van der Waals surface area contributed by atoms with Crippen LogP contribution in [0, 0.1) is 6.92 Å². The molecule has 4 aromatic rings. The molecular formula is C25H22ClN5O2S. The van der Waals surface area contributed by atoms with Crippen molar-refractivity contribution in [3.05, 3.63) is 88.9 Å². The van der Waals surface area contributed by atoms with Crippen molar-refractivity contribution in [1.82, 2.24) is 14.8 Å². The van der Waals surface area contributed by atoms with Gasteiger partial charge >= 0.3 is 0 Å². The van der Waals surface area contributed by atoms with E-state index in [1.165, 1.54) is 11.8 Å². The minimum Gasteiger partial charge on any atom is -0.366 e. The number of anilines is 1. The first-order valence-corrected chi connectivity index (χ1v) is 11.7. The largest absolute Gasteiger partial charge is 0.366 e. The number of halogens is 1. The number of nitrogens with two attached hydrogens (primary N) is 1. The van der Waals surface area contributed by atoms with Gasteiger partial charge in [-0.15, -0.1) is 10.2 Å². The summed E-state index contributed by atoms with van der Waals surface area (Å²) >= 11 is 7.39. The molecular weight excluding hydrogens is 470 g/mol. The van der Waals surface area contributed by atoms with Gasteiger partial charge in [0.2, 0.25) is 11.8 Å². The van der Waals surface area contributed by atoms with Gasteiger partial charge in [-0.2, -0.15) is 0 Å². The number of hydrogen-bond donors (Lipinski definition) is 2. The fourth-order valence-corrected chi connectivity index (χ4v) is 4.31. The highest BCUT2D eigenvalue weighted by atomic mass is 35.5. The van der Waals surface area contributed by atoms with Crippen LogP contribution in [0.25, 0.3) is 17.1 Å². The third kappa shape index (κ3) is 5.30. The maximum Gasteiger partial charge on any atom is 0.248 e. The molecule has 0 aliphatic heterocycles. The summed E-state index contributed by atoms with van der Waals surface area (Å²) in [5, 5.41) is 12.4. The average Bonchev–Trinajstić information content (AvgIpc) is 3.23. The number of thioether (sulfide) groups is 1. The van der Waals surface area contributed by atoms with E-state index in [1.54, 1.807) is 43.3 Å². The number of hydrogen-bond acceptors (Lipinski definition) is 5. The first kappa shape index (κ1) is 23.5. The zero-order valence-corrected chi connectivity index (χ0v) is 20.1. The molecule has 1 heterocycles. The van der Waals surface area contributed by atoms with Gasteiger partial charge in [0.25, 0.3) is 0 Å². The lowest BCUT2D eigenvalue weighted by molar-refractivity contribution is -0.115. The van der Waals surface area contributed by atoms with Crippen molar-refractivity contribution >= 4 is 40.9 Å². The van der Waals surface area contributed by atoms with Crippen molar-refractivity contribution in [3.8, 4) is 17.1 Å². The molecule has 0 saturated carbocycles. The molecule has 1 atom stereocenters. The molecule has 0 radical (unpaired) electrons. The number of nitrogens with zero attached hydrogens (tertiary/aromatic N) is 3. The maximum atomic E-state index is 12.9. The van der Waals surface area contributed by atoms with Gasteiger partial charge in [-0.1, -0.05) is 47.1 Å². The quantitative estimate of drug-likeness (QED) is 0.349. The van der Waals surface area contributed by atoms with Crippen LogP contribution in [0.15, 0.2) is 78.0 Å². The number of carbonyl (C=O) groups excluding carboxylic acids is 2. The monoisotopic (exact) mass is 491 g/mol. The molecule has 3 aromatic carbocycles. The molecule has 2 amide bonds. The van der Waals surface area contributed by atoms with Crippen LogP contribution in [0.1, 0.15) is 22.8 Å². The maximum absolute atomic E-state index is 12.9. The molecule has 0 fully saturated rings. The van der Waals surface area contributed by atoms with E-state index in [2.05, 4.69) is 15.5 Å². The van der Waals surface area contributed by atoms with E-state index in [1.807, 2.05) is 47.9 Å². The van der Waals surface area contributed by atoms with Crippen LogP contribution in [0.2, 0.25) is 5.02 Å². The number of aromatic nitrogens is 3. The predicted octanol–water partition coefficient (Wildman–Crippen LogP) is 5.11. The number of carbonyl (C=O) groups is 2. The highest BCUT2D eigenvalue weighted by Gasteiger charge is 2.22. The molecule has 1 aromatic heterocycles. The smallest absolute Gasteiger partial charge is 0.248 e. The van der Waals surface area contributed by atoms with Gasteiger partial charge in [-0.05, 0) is 68.4 Å².